The maximum atomic E-state index is 12.5. The second-order valence-electron chi connectivity index (χ2n) is 6.42. The van der Waals surface area contributed by atoms with E-state index in [9.17, 15) is 4.79 Å². The van der Waals surface area contributed by atoms with Gasteiger partial charge in [0.15, 0.2) is 0 Å². The number of carbonyl (C=O) groups is 1. The van der Waals surface area contributed by atoms with Crippen LogP contribution in [0.3, 0.4) is 0 Å². The van der Waals surface area contributed by atoms with Crippen LogP contribution < -0.4 is 5.32 Å². The predicted octanol–water partition coefficient (Wildman–Crippen LogP) is 2.37. The Kier molecular flexibility index (Phi) is 6.71. The highest BCUT2D eigenvalue weighted by molar-refractivity contribution is 5.79. The van der Waals surface area contributed by atoms with Gasteiger partial charge in [-0.15, -0.1) is 0 Å². The Balaban J connectivity index is 1.84. The Morgan fingerprint density at radius 3 is 2.86 bits per heavy atom. The van der Waals surface area contributed by atoms with Crippen molar-refractivity contribution in [1.82, 2.24) is 15.1 Å². The van der Waals surface area contributed by atoms with E-state index in [1.54, 1.807) is 0 Å². The Bertz CT molecular complexity index is 361. The van der Waals surface area contributed by atoms with Crippen LogP contribution in [0.1, 0.15) is 51.9 Å². The molecule has 1 heterocycles. The van der Waals surface area contributed by atoms with E-state index < -0.39 is 0 Å². The van der Waals surface area contributed by atoms with Gasteiger partial charge in [-0.25, -0.2) is 0 Å². The summed E-state index contributed by atoms with van der Waals surface area (Å²) in [4.78, 5) is 16.7. The molecule has 1 N–H and O–H groups in total. The number of amides is 1. The van der Waals surface area contributed by atoms with E-state index in [0.29, 0.717) is 12.6 Å². The van der Waals surface area contributed by atoms with Gasteiger partial charge in [-0.1, -0.05) is 19.4 Å². The first kappa shape index (κ1) is 16.5. The first-order valence-electron chi connectivity index (χ1n) is 8.62. The maximum Gasteiger partial charge on any atom is 0.240 e. The zero-order valence-electron chi connectivity index (χ0n) is 13.7. The minimum atomic E-state index is 0.243. The lowest BCUT2D eigenvalue weighted by Gasteiger charge is -2.31. The van der Waals surface area contributed by atoms with Gasteiger partial charge in [-0.3, -0.25) is 9.69 Å². The fourth-order valence-electron chi connectivity index (χ4n) is 3.36. The Morgan fingerprint density at radius 1 is 1.38 bits per heavy atom. The molecule has 1 atom stereocenters. The lowest BCUT2D eigenvalue weighted by molar-refractivity contribution is -0.129. The molecule has 0 spiro atoms. The number of nitrogens with one attached hydrogen (secondary N) is 1. The summed E-state index contributed by atoms with van der Waals surface area (Å²) in [5, 5.41) is 3.59. The van der Waals surface area contributed by atoms with E-state index in [1.807, 2.05) is 11.9 Å². The van der Waals surface area contributed by atoms with Crippen LogP contribution in [0.5, 0.6) is 0 Å². The molecule has 0 aromatic rings. The molecule has 0 saturated carbocycles. The summed E-state index contributed by atoms with van der Waals surface area (Å²) in [5.74, 6) is 0.243. The van der Waals surface area contributed by atoms with Crippen molar-refractivity contribution < 1.29 is 4.79 Å². The van der Waals surface area contributed by atoms with Gasteiger partial charge in [0.25, 0.3) is 0 Å². The molecule has 120 valence electrons. The van der Waals surface area contributed by atoms with Crippen LogP contribution in [-0.4, -0.2) is 55.0 Å². The SMILES string of the molecule is CCCN(CC(=O)N(C)C1=CCCC1)CC1CCCCN1. The van der Waals surface area contributed by atoms with Crippen molar-refractivity contribution >= 4 is 5.91 Å². The standard InChI is InChI=1S/C17H31N3O/c1-3-12-20(13-15-8-6-7-11-18-15)14-17(21)19(2)16-9-4-5-10-16/h9,15,18H,3-8,10-14H2,1-2H3. The lowest BCUT2D eigenvalue weighted by atomic mass is 10.0. The number of allylic oxidation sites excluding steroid dienone is 2. The van der Waals surface area contributed by atoms with E-state index in [0.717, 1.165) is 38.9 Å². The van der Waals surface area contributed by atoms with Gasteiger partial charge in [0.2, 0.25) is 5.91 Å². The van der Waals surface area contributed by atoms with Crippen LogP contribution in [0.25, 0.3) is 0 Å². The van der Waals surface area contributed by atoms with Gasteiger partial charge in [0, 0.05) is 25.3 Å². The van der Waals surface area contributed by atoms with Crippen LogP contribution in [0, 0.1) is 0 Å². The molecule has 1 amide bonds. The number of carbonyl (C=O) groups excluding carboxylic acids is 1. The zero-order chi connectivity index (χ0) is 15.1. The Hall–Kier alpha value is -0.870. The van der Waals surface area contributed by atoms with Crippen LogP contribution >= 0.6 is 0 Å². The quantitative estimate of drug-likeness (QED) is 0.783. The van der Waals surface area contributed by atoms with Crippen molar-refractivity contribution in [2.45, 2.75) is 57.9 Å². The molecule has 1 saturated heterocycles. The molecule has 0 aromatic carbocycles. The number of rotatable bonds is 7. The average molecular weight is 293 g/mol. The minimum absolute atomic E-state index is 0.243. The maximum absolute atomic E-state index is 12.5. The second kappa shape index (κ2) is 8.54. The van der Waals surface area contributed by atoms with E-state index in [-0.39, 0.29) is 5.91 Å². The first-order valence-corrected chi connectivity index (χ1v) is 8.62. The largest absolute Gasteiger partial charge is 0.318 e. The summed E-state index contributed by atoms with van der Waals surface area (Å²) < 4.78 is 0. The molecule has 2 rings (SSSR count). The highest BCUT2D eigenvalue weighted by atomic mass is 16.2. The van der Waals surface area contributed by atoms with Crippen molar-refractivity contribution in [1.29, 1.82) is 0 Å². The third kappa shape index (κ3) is 5.11. The summed E-state index contributed by atoms with van der Waals surface area (Å²) in [6.45, 7) is 5.89. The molecule has 1 fully saturated rings. The summed E-state index contributed by atoms with van der Waals surface area (Å²) in [6, 6.07) is 0.564. The summed E-state index contributed by atoms with van der Waals surface area (Å²) in [7, 11) is 1.93. The van der Waals surface area contributed by atoms with E-state index in [1.165, 1.54) is 31.4 Å². The highest BCUT2D eigenvalue weighted by Crippen LogP contribution is 2.20. The number of nitrogens with zero attached hydrogens (tertiary/aromatic N) is 2. The van der Waals surface area contributed by atoms with Gasteiger partial charge in [-0.05, 0) is 51.6 Å². The van der Waals surface area contributed by atoms with E-state index in [4.69, 9.17) is 0 Å². The molecule has 21 heavy (non-hydrogen) atoms. The summed E-state index contributed by atoms with van der Waals surface area (Å²) in [6.07, 6.45) is 10.5. The molecular formula is C17H31N3O. The van der Waals surface area contributed by atoms with Gasteiger partial charge < -0.3 is 10.2 Å². The van der Waals surface area contributed by atoms with Crippen molar-refractivity contribution in [3.05, 3.63) is 11.8 Å². The molecule has 0 aromatic heterocycles. The molecule has 1 unspecified atom stereocenters. The molecule has 1 aliphatic carbocycles. The molecule has 1 aliphatic heterocycles. The van der Waals surface area contributed by atoms with Crippen LogP contribution in [0.2, 0.25) is 0 Å². The normalized spacial score (nSPS) is 22.4. The molecule has 2 aliphatic rings. The third-order valence-corrected chi connectivity index (χ3v) is 4.61. The van der Waals surface area contributed by atoms with Crippen molar-refractivity contribution in [3.8, 4) is 0 Å². The van der Waals surface area contributed by atoms with Crippen LogP contribution in [-0.2, 0) is 4.79 Å². The minimum Gasteiger partial charge on any atom is -0.318 e. The van der Waals surface area contributed by atoms with E-state index >= 15 is 0 Å². The summed E-state index contributed by atoms with van der Waals surface area (Å²) in [5.41, 5.74) is 1.22. The Morgan fingerprint density at radius 2 is 2.24 bits per heavy atom. The van der Waals surface area contributed by atoms with Crippen LogP contribution in [0.4, 0.5) is 0 Å². The third-order valence-electron chi connectivity index (χ3n) is 4.61. The van der Waals surface area contributed by atoms with Crippen molar-refractivity contribution in [2.24, 2.45) is 0 Å². The number of hydrogen-bond donors (Lipinski definition) is 1. The molecule has 0 bridgehead atoms. The van der Waals surface area contributed by atoms with Gasteiger partial charge in [0.05, 0.1) is 6.54 Å². The van der Waals surface area contributed by atoms with Crippen LogP contribution in [0.15, 0.2) is 11.8 Å². The Labute approximate surface area is 129 Å². The second-order valence-corrected chi connectivity index (χ2v) is 6.42. The van der Waals surface area contributed by atoms with Gasteiger partial charge in [0.1, 0.15) is 0 Å². The molecule has 4 heteroatoms. The first-order chi connectivity index (χ1) is 10.2. The van der Waals surface area contributed by atoms with Gasteiger partial charge in [-0.2, -0.15) is 0 Å². The predicted molar refractivity (Wildman–Crippen MR) is 87.1 cm³/mol. The average Bonchev–Trinajstić information content (AvgIpc) is 3.02. The molecule has 4 nitrogen and oxygen atoms in total. The zero-order valence-corrected chi connectivity index (χ0v) is 13.7. The molecule has 0 radical (unpaired) electrons. The molecular weight excluding hydrogens is 262 g/mol. The van der Waals surface area contributed by atoms with Gasteiger partial charge >= 0.3 is 0 Å². The van der Waals surface area contributed by atoms with Crippen molar-refractivity contribution in [3.63, 3.8) is 0 Å². The number of hydrogen-bond acceptors (Lipinski definition) is 3. The van der Waals surface area contributed by atoms with Crippen molar-refractivity contribution in [2.75, 3.05) is 33.2 Å². The summed E-state index contributed by atoms with van der Waals surface area (Å²) >= 11 is 0. The monoisotopic (exact) mass is 293 g/mol. The number of piperidine rings is 1. The smallest absolute Gasteiger partial charge is 0.240 e. The number of likely N-dealkylation sites (N-methyl/N-ethyl adjacent to an activating group) is 1. The fraction of sp³-hybridized carbons (Fsp3) is 0.824. The topological polar surface area (TPSA) is 35.6 Å². The van der Waals surface area contributed by atoms with E-state index in [2.05, 4.69) is 23.2 Å². The fourth-order valence-corrected chi connectivity index (χ4v) is 3.36. The lowest BCUT2D eigenvalue weighted by Crippen LogP contribution is -2.47. The highest BCUT2D eigenvalue weighted by Gasteiger charge is 2.21.